The van der Waals surface area contributed by atoms with E-state index in [9.17, 15) is 13.6 Å². The molecule has 1 heterocycles. The number of carbonyl (C=O) groups excluding carboxylic acids is 1. The molecule has 1 unspecified atom stereocenters. The maximum atomic E-state index is 14.2. The maximum Gasteiger partial charge on any atom is 0.409 e. The Morgan fingerprint density at radius 1 is 1.26 bits per heavy atom. The van der Waals surface area contributed by atoms with Crippen LogP contribution in [0.3, 0.4) is 0 Å². The van der Waals surface area contributed by atoms with Gasteiger partial charge in [-0.25, -0.2) is 13.6 Å². The summed E-state index contributed by atoms with van der Waals surface area (Å²) in [5.41, 5.74) is -0.0930. The zero-order valence-electron chi connectivity index (χ0n) is 18.2. The highest BCUT2D eigenvalue weighted by molar-refractivity contribution is 6.15. The molecule has 3 atom stereocenters. The van der Waals surface area contributed by atoms with Crippen LogP contribution >= 0.6 is 0 Å². The summed E-state index contributed by atoms with van der Waals surface area (Å²) in [6, 6.07) is 3.57. The summed E-state index contributed by atoms with van der Waals surface area (Å²) in [5.74, 6) is -1.39. The van der Waals surface area contributed by atoms with Crippen LogP contribution in [0.4, 0.5) is 13.6 Å². The van der Waals surface area contributed by atoms with Crippen molar-refractivity contribution in [3.05, 3.63) is 47.0 Å². The van der Waals surface area contributed by atoms with Crippen LogP contribution in [0, 0.1) is 45.1 Å². The summed E-state index contributed by atoms with van der Waals surface area (Å²) in [5, 5.41) is 17.5. The number of piperidine rings is 1. The van der Waals surface area contributed by atoms with Crippen molar-refractivity contribution in [3.8, 4) is 0 Å². The first-order chi connectivity index (χ1) is 14.6. The van der Waals surface area contributed by atoms with E-state index in [1.807, 2.05) is 0 Å². The van der Waals surface area contributed by atoms with Gasteiger partial charge in [-0.3, -0.25) is 0 Å². The largest absolute Gasteiger partial charge is 0.453 e. The van der Waals surface area contributed by atoms with E-state index in [0.717, 1.165) is 37.8 Å². The van der Waals surface area contributed by atoms with Crippen molar-refractivity contribution in [2.75, 3.05) is 20.2 Å². The number of rotatable bonds is 3. The number of hydrogen-bond acceptors (Lipinski definition) is 4. The first-order valence-corrected chi connectivity index (χ1v) is 10.8. The predicted molar refractivity (Wildman–Crippen MR) is 115 cm³/mol. The lowest BCUT2D eigenvalue weighted by molar-refractivity contribution is 0.0404. The quantitative estimate of drug-likeness (QED) is 0.649. The number of hydrogen-bond donors (Lipinski definition) is 2. The molecule has 0 radical (unpaired) electrons. The van der Waals surface area contributed by atoms with E-state index >= 15 is 0 Å². The van der Waals surface area contributed by atoms with Crippen LogP contribution in [-0.4, -0.2) is 42.6 Å². The maximum absolute atomic E-state index is 14.2. The van der Waals surface area contributed by atoms with Gasteiger partial charge in [-0.15, -0.1) is 0 Å². The molecule has 0 aromatic heterocycles. The molecule has 31 heavy (non-hydrogen) atoms. The normalized spacial score (nSPS) is 30.7. The van der Waals surface area contributed by atoms with E-state index in [4.69, 9.17) is 15.6 Å². The van der Waals surface area contributed by atoms with Gasteiger partial charge >= 0.3 is 6.09 Å². The van der Waals surface area contributed by atoms with Crippen molar-refractivity contribution in [1.29, 1.82) is 10.8 Å². The number of fused-ring (bicyclic) bond motifs is 2. The number of carbonyl (C=O) groups is 1. The fourth-order valence-electron chi connectivity index (χ4n) is 6.55. The molecule has 1 amide bonds. The molecule has 1 aromatic carbocycles. The molecule has 2 N–H and O–H groups in total. The molecule has 0 spiro atoms. The van der Waals surface area contributed by atoms with Crippen molar-refractivity contribution in [2.24, 2.45) is 22.7 Å². The van der Waals surface area contributed by atoms with Crippen LogP contribution in [0.25, 0.3) is 0 Å². The molecule has 2 aliphatic carbocycles. The topological polar surface area (TPSA) is 77.2 Å². The second kappa shape index (κ2) is 7.53. The van der Waals surface area contributed by atoms with Gasteiger partial charge in [0, 0.05) is 24.2 Å². The second-order valence-corrected chi connectivity index (χ2v) is 9.52. The summed E-state index contributed by atoms with van der Waals surface area (Å²) in [4.78, 5) is 13.9. The molecule has 3 fully saturated rings. The lowest BCUT2D eigenvalue weighted by atomic mass is 9.59. The fraction of sp³-hybridized carbons (Fsp3) is 0.542. The number of nitrogens with zero attached hydrogens (tertiary/aromatic N) is 1. The van der Waals surface area contributed by atoms with E-state index in [2.05, 4.69) is 13.8 Å². The van der Waals surface area contributed by atoms with Gasteiger partial charge in [0.15, 0.2) is 0 Å². The van der Waals surface area contributed by atoms with Crippen LogP contribution in [0.1, 0.15) is 45.1 Å². The molecule has 4 rings (SSSR count). The van der Waals surface area contributed by atoms with Crippen molar-refractivity contribution in [2.45, 2.75) is 39.5 Å². The molecule has 1 aromatic rings. The Bertz CT molecular complexity index is 967. The van der Waals surface area contributed by atoms with Crippen LogP contribution < -0.4 is 0 Å². The van der Waals surface area contributed by atoms with Crippen LogP contribution in [0.15, 0.2) is 29.8 Å². The molecule has 1 aliphatic heterocycles. The van der Waals surface area contributed by atoms with E-state index < -0.39 is 17.0 Å². The Balaban J connectivity index is 1.71. The summed E-state index contributed by atoms with van der Waals surface area (Å²) >= 11 is 0. The predicted octanol–water partition coefficient (Wildman–Crippen LogP) is 5.19. The van der Waals surface area contributed by atoms with Gasteiger partial charge in [0.05, 0.1) is 18.4 Å². The Labute approximate surface area is 181 Å². The standard InChI is InChI=1S/C24H29F2N3O2/c1-23(2)16-9-10-24(23,14-6-5-11-29(13-14)22(30)31-3)21(28)15(16)12-19(27)20-17(25)7-4-8-18(20)26/h4,7-8,12,14,16,27-28H,5-6,9-11,13H2,1-3H3/b15-12-,27-19?,28-21?/t14-,16-,24?/m0/s1. The van der Waals surface area contributed by atoms with Gasteiger partial charge in [-0.05, 0) is 66.7 Å². The molecule has 5 nitrogen and oxygen atoms in total. The van der Waals surface area contributed by atoms with Crippen molar-refractivity contribution in [3.63, 3.8) is 0 Å². The van der Waals surface area contributed by atoms with Crippen LogP contribution in [-0.2, 0) is 4.74 Å². The van der Waals surface area contributed by atoms with Crippen molar-refractivity contribution in [1.82, 2.24) is 4.90 Å². The molecule has 166 valence electrons. The SMILES string of the molecule is COC(=O)N1CCC[C@H](C23CC[C@@H](/C(=C/C(=N)c4c(F)cccc4F)C2=N)C3(C)C)C1. The minimum absolute atomic E-state index is 0.0451. The average Bonchev–Trinajstić information content (AvgIpc) is 3.09. The minimum Gasteiger partial charge on any atom is -0.453 e. The zero-order chi connectivity index (χ0) is 22.6. The number of benzene rings is 1. The Morgan fingerprint density at radius 2 is 1.94 bits per heavy atom. The van der Waals surface area contributed by atoms with Crippen molar-refractivity contribution >= 4 is 17.5 Å². The highest BCUT2D eigenvalue weighted by Gasteiger charge is 2.67. The van der Waals surface area contributed by atoms with E-state index in [-0.39, 0.29) is 34.6 Å². The Kier molecular flexibility index (Phi) is 5.26. The number of ether oxygens (including phenoxy) is 1. The number of nitrogens with one attached hydrogen (secondary N) is 2. The third-order valence-electron chi connectivity index (χ3n) is 8.04. The number of halogens is 2. The van der Waals surface area contributed by atoms with Crippen LogP contribution in [0.5, 0.6) is 0 Å². The smallest absolute Gasteiger partial charge is 0.409 e. The van der Waals surface area contributed by atoms with Crippen molar-refractivity contribution < 1.29 is 18.3 Å². The van der Waals surface area contributed by atoms with Gasteiger partial charge in [0.2, 0.25) is 0 Å². The Morgan fingerprint density at radius 3 is 2.58 bits per heavy atom. The molecule has 3 aliphatic rings. The lowest BCUT2D eigenvalue weighted by Crippen LogP contribution is -2.51. The molecule has 2 bridgehead atoms. The van der Waals surface area contributed by atoms with Gasteiger partial charge in [-0.2, -0.15) is 0 Å². The van der Waals surface area contributed by atoms with Gasteiger partial charge in [0.25, 0.3) is 0 Å². The second-order valence-electron chi connectivity index (χ2n) is 9.52. The van der Waals surface area contributed by atoms with Crippen LogP contribution in [0.2, 0.25) is 0 Å². The summed E-state index contributed by atoms with van der Waals surface area (Å²) in [6.07, 6.45) is 4.64. The first-order valence-electron chi connectivity index (χ1n) is 10.8. The monoisotopic (exact) mass is 429 g/mol. The Hall–Kier alpha value is -2.57. The third-order valence-corrected chi connectivity index (χ3v) is 8.04. The van der Waals surface area contributed by atoms with Gasteiger partial charge in [-0.1, -0.05) is 19.9 Å². The lowest BCUT2D eigenvalue weighted by Gasteiger charge is -2.47. The van der Waals surface area contributed by atoms with Gasteiger partial charge in [0.1, 0.15) is 11.6 Å². The highest BCUT2D eigenvalue weighted by atomic mass is 19.1. The number of amides is 1. The molecule has 1 saturated heterocycles. The molecular formula is C24H29F2N3O2. The van der Waals surface area contributed by atoms with E-state index in [0.29, 0.717) is 24.4 Å². The summed E-state index contributed by atoms with van der Waals surface area (Å²) in [7, 11) is 1.38. The van der Waals surface area contributed by atoms with E-state index in [1.165, 1.54) is 19.3 Å². The van der Waals surface area contributed by atoms with Gasteiger partial charge < -0.3 is 20.5 Å². The number of likely N-dealkylation sites (tertiary alicyclic amines) is 1. The highest BCUT2D eigenvalue weighted by Crippen LogP contribution is 2.69. The number of allylic oxidation sites excluding steroid dienone is 2. The zero-order valence-corrected chi connectivity index (χ0v) is 18.2. The summed E-state index contributed by atoms with van der Waals surface area (Å²) in [6.45, 7) is 5.50. The fourth-order valence-corrected chi connectivity index (χ4v) is 6.55. The molecular weight excluding hydrogens is 400 g/mol. The average molecular weight is 430 g/mol. The first kappa shape index (κ1) is 21.7. The summed E-state index contributed by atoms with van der Waals surface area (Å²) < 4.78 is 33.4. The molecule has 2 saturated carbocycles. The minimum atomic E-state index is -0.772. The number of methoxy groups -OCH3 is 1. The molecule has 7 heteroatoms. The third kappa shape index (κ3) is 3.04. The van der Waals surface area contributed by atoms with E-state index in [1.54, 1.807) is 4.90 Å².